The first-order chi connectivity index (χ1) is 13.1. The van der Waals surface area contributed by atoms with Crippen molar-refractivity contribution in [2.24, 2.45) is 12.8 Å². The van der Waals surface area contributed by atoms with E-state index in [1.807, 2.05) is 37.4 Å². The van der Waals surface area contributed by atoms with Crippen molar-refractivity contribution in [3.05, 3.63) is 42.1 Å². The Hall–Kier alpha value is -2.71. The minimum Gasteiger partial charge on any atom is -0.381 e. The van der Waals surface area contributed by atoms with Crippen LogP contribution in [0.25, 0.3) is 11.0 Å². The highest BCUT2D eigenvalue weighted by molar-refractivity contribution is 5.87. The van der Waals surface area contributed by atoms with Gasteiger partial charge in [0.25, 0.3) is 0 Å². The molecule has 4 rings (SSSR count). The molecule has 0 unspecified atom stereocenters. The fraction of sp³-hybridized carbons (Fsp3) is 0.421. The van der Waals surface area contributed by atoms with Crippen molar-refractivity contribution in [1.82, 2.24) is 19.7 Å². The maximum Gasteiger partial charge on any atom is 0.226 e. The van der Waals surface area contributed by atoms with Crippen LogP contribution < -0.4 is 16.4 Å². The predicted octanol–water partition coefficient (Wildman–Crippen LogP) is 2.06. The van der Waals surface area contributed by atoms with Crippen molar-refractivity contribution in [3.63, 3.8) is 0 Å². The lowest BCUT2D eigenvalue weighted by Gasteiger charge is -2.35. The molecule has 0 spiro atoms. The lowest BCUT2D eigenvalue weighted by molar-refractivity contribution is 0.0328. The molecule has 2 heterocycles. The first-order valence-corrected chi connectivity index (χ1v) is 9.17. The summed E-state index contributed by atoms with van der Waals surface area (Å²) in [6.07, 6.45) is 4.08. The van der Waals surface area contributed by atoms with Crippen LogP contribution in [-0.4, -0.2) is 45.5 Å². The van der Waals surface area contributed by atoms with E-state index in [-0.39, 0.29) is 6.04 Å². The number of benzene rings is 1. The van der Waals surface area contributed by atoms with Gasteiger partial charge in [-0.1, -0.05) is 30.3 Å². The van der Waals surface area contributed by atoms with Crippen molar-refractivity contribution >= 4 is 22.8 Å². The third-order valence-electron chi connectivity index (χ3n) is 5.07. The van der Waals surface area contributed by atoms with Crippen LogP contribution in [0, 0.1) is 0 Å². The van der Waals surface area contributed by atoms with Gasteiger partial charge in [-0.05, 0) is 18.4 Å². The van der Waals surface area contributed by atoms with Crippen molar-refractivity contribution in [2.45, 2.75) is 31.0 Å². The monoisotopic (exact) mass is 367 g/mol. The number of nitrogens with one attached hydrogen (secondary N) is 2. The lowest BCUT2D eigenvalue weighted by atomic mass is 9.89. The Balaban J connectivity index is 1.51. The van der Waals surface area contributed by atoms with E-state index in [2.05, 4.69) is 25.7 Å². The summed E-state index contributed by atoms with van der Waals surface area (Å²) >= 11 is 0. The highest BCUT2D eigenvalue weighted by Crippen LogP contribution is 2.29. The summed E-state index contributed by atoms with van der Waals surface area (Å²) in [5.41, 5.74) is 8.14. The maximum atomic E-state index is 6.28. The Bertz CT molecular complexity index is 905. The zero-order chi connectivity index (χ0) is 18.8. The first kappa shape index (κ1) is 17.7. The van der Waals surface area contributed by atoms with Crippen molar-refractivity contribution in [2.75, 3.05) is 24.3 Å². The van der Waals surface area contributed by atoms with Gasteiger partial charge in [-0.25, -0.2) is 0 Å². The smallest absolute Gasteiger partial charge is 0.226 e. The SMILES string of the molecule is COC1CC(Nc2nc(NC[C@H](N)c3ccccc3)nc3c2cnn3C)C1. The molecule has 0 radical (unpaired) electrons. The molecule has 27 heavy (non-hydrogen) atoms. The van der Waals surface area contributed by atoms with Gasteiger partial charge in [-0.2, -0.15) is 15.1 Å². The molecule has 0 saturated heterocycles. The summed E-state index contributed by atoms with van der Waals surface area (Å²) in [4.78, 5) is 9.27. The van der Waals surface area contributed by atoms with Crippen LogP contribution in [0.4, 0.5) is 11.8 Å². The minimum absolute atomic E-state index is 0.137. The number of nitrogens with zero attached hydrogens (tertiary/aromatic N) is 4. The Kier molecular flexibility index (Phi) is 4.91. The zero-order valence-corrected chi connectivity index (χ0v) is 15.6. The van der Waals surface area contributed by atoms with Gasteiger partial charge >= 0.3 is 0 Å². The molecule has 8 nitrogen and oxygen atoms in total. The molecular formula is C19H25N7O. The number of ether oxygens (including phenoxy) is 1. The van der Waals surface area contributed by atoms with E-state index in [0.717, 1.165) is 35.3 Å². The Morgan fingerprint density at radius 3 is 2.78 bits per heavy atom. The van der Waals surface area contributed by atoms with E-state index in [1.165, 1.54) is 0 Å². The summed E-state index contributed by atoms with van der Waals surface area (Å²) in [5, 5.41) is 12.0. The van der Waals surface area contributed by atoms with E-state index in [1.54, 1.807) is 18.0 Å². The molecule has 1 saturated carbocycles. The third-order valence-corrected chi connectivity index (χ3v) is 5.07. The number of aryl methyl sites for hydroxylation is 1. The molecular weight excluding hydrogens is 342 g/mol. The molecule has 1 aromatic carbocycles. The summed E-state index contributed by atoms with van der Waals surface area (Å²) in [6.45, 7) is 0.544. The second kappa shape index (κ2) is 7.50. The molecule has 2 aromatic heterocycles. The molecule has 4 N–H and O–H groups in total. The van der Waals surface area contributed by atoms with Gasteiger partial charge < -0.3 is 21.1 Å². The third kappa shape index (κ3) is 3.72. The second-order valence-corrected chi connectivity index (χ2v) is 6.97. The van der Waals surface area contributed by atoms with Gasteiger partial charge in [-0.15, -0.1) is 0 Å². The standard InChI is InChI=1S/C19H25N7O/c1-26-18-15(10-22-26)17(23-13-8-14(9-13)27-2)24-19(25-18)21-11-16(20)12-6-4-3-5-7-12/h3-7,10,13-14,16H,8-9,11,20H2,1-2H3,(H2,21,23,24,25)/t13?,14?,16-/m0/s1. The van der Waals surface area contributed by atoms with Crippen molar-refractivity contribution in [1.29, 1.82) is 0 Å². The fourth-order valence-electron chi connectivity index (χ4n) is 3.30. The Morgan fingerprint density at radius 2 is 2.04 bits per heavy atom. The summed E-state index contributed by atoms with van der Waals surface area (Å²) in [6, 6.07) is 10.2. The number of hydrogen-bond acceptors (Lipinski definition) is 7. The molecule has 8 heteroatoms. The molecule has 0 aliphatic heterocycles. The number of aromatic nitrogens is 4. The number of rotatable bonds is 7. The quantitative estimate of drug-likeness (QED) is 0.587. The first-order valence-electron chi connectivity index (χ1n) is 9.17. The highest BCUT2D eigenvalue weighted by Gasteiger charge is 2.30. The molecule has 3 aromatic rings. The normalized spacial score (nSPS) is 20.3. The fourth-order valence-corrected chi connectivity index (χ4v) is 3.30. The van der Waals surface area contributed by atoms with Crippen LogP contribution in [0.15, 0.2) is 36.5 Å². The molecule has 0 bridgehead atoms. The topological polar surface area (TPSA) is 103 Å². The van der Waals surface area contributed by atoms with Crippen LogP contribution in [0.1, 0.15) is 24.4 Å². The van der Waals surface area contributed by atoms with Gasteiger partial charge in [0.05, 0.1) is 17.7 Å². The average molecular weight is 367 g/mol. The van der Waals surface area contributed by atoms with E-state index in [0.29, 0.717) is 24.6 Å². The molecule has 1 aliphatic carbocycles. The van der Waals surface area contributed by atoms with Crippen LogP contribution in [-0.2, 0) is 11.8 Å². The zero-order valence-electron chi connectivity index (χ0n) is 15.6. The number of methoxy groups -OCH3 is 1. The van der Waals surface area contributed by atoms with E-state index < -0.39 is 0 Å². The second-order valence-electron chi connectivity index (χ2n) is 6.97. The van der Waals surface area contributed by atoms with Gasteiger partial charge in [0, 0.05) is 32.8 Å². The van der Waals surface area contributed by atoms with E-state index in [4.69, 9.17) is 10.5 Å². The molecule has 142 valence electrons. The molecule has 1 atom stereocenters. The van der Waals surface area contributed by atoms with Crippen LogP contribution in [0.2, 0.25) is 0 Å². The Morgan fingerprint density at radius 1 is 1.26 bits per heavy atom. The van der Waals surface area contributed by atoms with Gasteiger partial charge in [-0.3, -0.25) is 4.68 Å². The minimum atomic E-state index is -0.137. The van der Waals surface area contributed by atoms with Crippen LogP contribution in [0.3, 0.4) is 0 Å². The van der Waals surface area contributed by atoms with Gasteiger partial charge in [0.1, 0.15) is 5.82 Å². The summed E-state index contributed by atoms with van der Waals surface area (Å²) in [7, 11) is 3.63. The predicted molar refractivity (Wildman–Crippen MR) is 106 cm³/mol. The van der Waals surface area contributed by atoms with Crippen LogP contribution >= 0.6 is 0 Å². The highest BCUT2D eigenvalue weighted by atomic mass is 16.5. The maximum absolute atomic E-state index is 6.28. The van der Waals surface area contributed by atoms with Gasteiger partial charge in [0.15, 0.2) is 5.65 Å². The molecule has 0 amide bonds. The Labute approximate surface area is 158 Å². The van der Waals surface area contributed by atoms with E-state index >= 15 is 0 Å². The van der Waals surface area contributed by atoms with Crippen molar-refractivity contribution in [3.8, 4) is 0 Å². The molecule has 1 fully saturated rings. The van der Waals surface area contributed by atoms with E-state index in [9.17, 15) is 0 Å². The number of anilines is 2. The van der Waals surface area contributed by atoms with Crippen molar-refractivity contribution < 1.29 is 4.74 Å². The lowest BCUT2D eigenvalue weighted by Crippen LogP contribution is -2.40. The average Bonchev–Trinajstić information content (AvgIpc) is 3.04. The largest absolute Gasteiger partial charge is 0.381 e. The summed E-state index contributed by atoms with van der Waals surface area (Å²) < 4.78 is 7.11. The number of fused-ring (bicyclic) bond motifs is 1. The number of hydrogen-bond donors (Lipinski definition) is 3. The molecule has 1 aliphatic rings. The summed E-state index contributed by atoms with van der Waals surface area (Å²) in [5.74, 6) is 1.34. The number of nitrogens with two attached hydrogens (primary N) is 1. The van der Waals surface area contributed by atoms with Gasteiger partial charge in [0.2, 0.25) is 5.95 Å². The van der Waals surface area contributed by atoms with Crippen LogP contribution in [0.5, 0.6) is 0 Å².